The van der Waals surface area contributed by atoms with Gasteiger partial charge in [-0.25, -0.2) is 78.0 Å². The number of halogens is 3. The lowest BCUT2D eigenvalue weighted by atomic mass is 9.89. The highest BCUT2D eigenvalue weighted by Crippen LogP contribution is 2.46. The molecular formula is C89H82F3N19O5S5. The third-order valence-electron chi connectivity index (χ3n) is 20.3. The summed E-state index contributed by atoms with van der Waals surface area (Å²) in [7, 11) is 0. The van der Waals surface area contributed by atoms with Crippen LogP contribution in [0.25, 0.3) is 98.4 Å². The molecule has 121 heavy (non-hydrogen) atoms. The van der Waals surface area contributed by atoms with Crippen LogP contribution in [0.4, 0.5) is 38.8 Å². The first-order chi connectivity index (χ1) is 57.9. The number of amides is 5. The van der Waals surface area contributed by atoms with E-state index in [1.54, 1.807) is 37.4 Å². The van der Waals surface area contributed by atoms with Crippen LogP contribution < -0.4 is 26.6 Å². The Hall–Kier alpha value is -12.4. The molecule has 10 aromatic heterocycles. The van der Waals surface area contributed by atoms with Crippen molar-refractivity contribution >= 4 is 112 Å². The number of rotatable bonds is 10. The van der Waals surface area contributed by atoms with E-state index in [-0.39, 0.29) is 52.2 Å². The second-order valence-electron chi connectivity index (χ2n) is 30.6. The molecule has 4 aromatic carbocycles. The average molecular weight is 1720 g/mol. The van der Waals surface area contributed by atoms with Gasteiger partial charge in [-0.1, -0.05) is 168 Å². The van der Waals surface area contributed by atoms with E-state index < -0.39 is 5.92 Å². The zero-order chi connectivity index (χ0) is 85.3. The number of hydrogen-bond acceptors (Lipinski definition) is 24. The Kier molecular flexibility index (Phi) is 24.3. The Labute approximate surface area is 715 Å². The van der Waals surface area contributed by atoms with Crippen LogP contribution in [0.2, 0.25) is 0 Å². The molecule has 24 nitrogen and oxygen atoms in total. The summed E-state index contributed by atoms with van der Waals surface area (Å²) in [5.74, 6) is -1.69. The average Bonchev–Trinajstić information content (AvgIpc) is 1.71. The highest BCUT2D eigenvalue weighted by atomic mass is 32.1. The Morgan fingerprint density at radius 2 is 0.620 bits per heavy atom. The van der Waals surface area contributed by atoms with Gasteiger partial charge in [-0.2, -0.15) is 0 Å². The highest BCUT2D eigenvalue weighted by Gasteiger charge is 2.33. The first-order valence-corrected chi connectivity index (χ1v) is 43.2. The van der Waals surface area contributed by atoms with Crippen LogP contribution in [0.15, 0.2) is 128 Å². The lowest BCUT2D eigenvalue weighted by molar-refractivity contribution is -0.115. The van der Waals surface area contributed by atoms with Crippen LogP contribution in [-0.2, 0) is 99.5 Å². The molecule has 14 aromatic rings. The summed E-state index contributed by atoms with van der Waals surface area (Å²) >= 11 is 7.23. The lowest BCUT2D eigenvalue weighted by Gasteiger charge is -2.21. The second-order valence-corrected chi connectivity index (χ2v) is 35.6. The molecule has 10 heterocycles. The van der Waals surface area contributed by atoms with Crippen LogP contribution in [-0.4, -0.2) is 99.3 Å². The van der Waals surface area contributed by atoms with Gasteiger partial charge in [0, 0.05) is 105 Å². The van der Waals surface area contributed by atoms with Crippen molar-refractivity contribution in [1.82, 2.24) is 69.8 Å². The highest BCUT2D eigenvalue weighted by molar-refractivity contribution is 7.20. The first-order valence-electron chi connectivity index (χ1n) is 39.1. The Balaban J connectivity index is 0.000000118. The number of pyridine rings is 1. The molecule has 19 rings (SSSR count). The zero-order valence-electron chi connectivity index (χ0n) is 68.2. The molecule has 0 saturated heterocycles. The normalized spacial score (nSPS) is 12.8. The number of thiazole rings is 5. The Morgan fingerprint density at radius 3 is 0.942 bits per heavy atom. The molecule has 5 aliphatic rings. The van der Waals surface area contributed by atoms with Gasteiger partial charge in [0.05, 0.1) is 81.3 Å². The maximum Gasteiger partial charge on any atom is 0.271 e. The number of aromatic nitrogens is 14. The third-order valence-corrected chi connectivity index (χ3v) is 25.4. The van der Waals surface area contributed by atoms with E-state index in [2.05, 4.69) is 135 Å². The van der Waals surface area contributed by atoms with Crippen molar-refractivity contribution in [2.24, 2.45) is 0 Å². The van der Waals surface area contributed by atoms with Gasteiger partial charge in [-0.3, -0.25) is 29.0 Å². The topological polar surface area (TPSA) is 326 Å². The predicted octanol–water partition coefficient (Wildman–Crippen LogP) is 19.0. The smallest absolute Gasteiger partial charge is 0.271 e. The monoisotopic (exact) mass is 1710 g/mol. The molecule has 0 bridgehead atoms. The van der Waals surface area contributed by atoms with Crippen LogP contribution in [0.1, 0.15) is 147 Å². The number of nitrogens with one attached hydrogen (secondary N) is 5. The number of benzene rings is 4. The van der Waals surface area contributed by atoms with Crippen molar-refractivity contribution in [3.05, 3.63) is 218 Å². The number of carbonyl (C=O) groups excluding carboxylic acids is 5. The molecule has 0 radical (unpaired) electrons. The number of carbonyl (C=O) groups is 5. The molecule has 0 spiro atoms. The first kappa shape index (κ1) is 83.7. The fraction of sp³-hybridized carbons (Fsp3) is 0.270. The third kappa shape index (κ3) is 18.8. The largest absolute Gasteiger partial charge is 0.302 e. The second kappa shape index (κ2) is 35.1. The molecule has 5 N–H and O–H groups in total. The molecule has 614 valence electrons. The van der Waals surface area contributed by atoms with Gasteiger partial charge in [0.2, 0.25) is 29.5 Å². The van der Waals surface area contributed by atoms with Crippen molar-refractivity contribution in [1.29, 1.82) is 0 Å². The van der Waals surface area contributed by atoms with Crippen LogP contribution in [0, 0.1) is 26.6 Å². The summed E-state index contributed by atoms with van der Waals surface area (Å²) in [6.45, 7) is 20.6. The minimum Gasteiger partial charge on any atom is -0.302 e. The predicted molar refractivity (Wildman–Crippen MR) is 471 cm³/mol. The van der Waals surface area contributed by atoms with Crippen molar-refractivity contribution < 1.29 is 37.1 Å². The number of fused-ring (bicyclic) bond motifs is 15. The van der Waals surface area contributed by atoms with E-state index in [1.165, 1.54) is 109 Å². The molecule has 32 heteroatoms. The van der Waals surface area contributed by atoms with Gasteiger partial charge < -0.3 is 26.6 Å². The van der Waals surface area contributed by atoms with E-state index in [4.69, 9.17) is 19.9 Å². The summed E-state index contributed by atoms with van der Waals surface area (Å²) < 4.78 is 41.9. The van der Waals surface area contributed by atoms with Gasteiger partial charge >= 0.3 is 0 Å². The molecule has 0 saturated carbocycles. The number of aryl methyl sites for hydroxylation is 12. The maximum atomic E-state index is 14.0. The number of hydrogen-bond donors (Lipinski definition) is 5. The van der Waals surface area contributed by atoms with Crippen LogP contribution >= 0.6 is 56.7 Å². The number of anilines is 5. The molecule has 0 atom stereocenters. The molecule has 0 aliphatic heterocycles. The quantitative estimate of drug-likeness (QED) is 0.0849. The minimum atomic E-state index is -3.00. The lowest BCUT2D eigenvalue weighted by Crippen LogP contribution is -2.15. The molecule has 5 amide bonds. The molecule has 0 fully saturated rings. The van der Waals surface area contributed by atoms with Crippen molar-refractivity contribution in [3.63, 3.8) is 0 Å². The van der Waals surface area contributed by atoms with Gasteiger partial charge in [0.1, 0.15) is 5.82 Å². The van der Waals surface area contributed by atoms with Crippen LogP contribution in [0.3, 0.4) is 0 Å². The molecule has 0 unspecified atom stereocenters. The fourth-order valence-corrected chi connectivity index (χ4v) is 19.8. The van der Waals surface area contributed by atoms with Crippen molar-refractivity contribution in [3.8, 4) is 98.4 Å². The van der Waals surface area contributed by atoms with Gasteiger partial charge in [-0.05, 0) is 142 Å². The zero-order valence-corrected chi connectivity index (χ0v) is 72.3. The van der Waals surface area contributed by atoms with E-state index in [9.17, 15) is 37.1 Å². The molecule has 5 aliphatic carbocycles. The maximum absolute atomic E-state index is 14.0. The standard InChI is InChI=1S/C19H16F2N4OS.C18H15FN4OS.2C18H16N4OS.C16H19N3OS/c1-10(26)23-18-24-14-8-7-11-9-22-17(25-15(11)16(14)27-18)12-5-3-4-6-13(12)19(2,20)21;1-9-12(4-3-5-13(9)19)17-20-8-11-6-7-14-16(15(11)23-17)25-18(22-14)21-10(2)24;2*1-10-5-3-4-6-13(10)17-19-9-12-7-8-14-16(15(12)22-17)24-18(21-14)20-11(2)23;1-9(20)17-15-18-11-7-5-10-6-8-12(16(2,3)4)19-13(10)14(11)21-15/h3-6,9H,7-8H2,1-2H3,(H,23,24,26);3-5,8H,6-7H2,1-2H3,(H,21,22,24);2*3-6,9H,7-8H2,1-2H3,(H,20,21,23);6,8H,5,7H2,1-4H3,(H,17,18,20). The molecular weight excluding hydrogens is 1630 g/mol. The van der Waals surface area contributed by atoms with Crippen molar-refractivity contribution in [2.75, 3.05) is 26.6 Å². The summed E-state index contributed by atoms with van der Waals surface area (Å²) in [5.41, 5.74) is 21.7. The van der Waals surface area contributed by atoms with E-state index >= 15 is 0 Å². The van der Waals surface area contributed by atoms with E-state index in [0.29, 0.717) is 53.9 Å². The van der Waals surface area contributed by atoms with Crippen molar-refractivity contribution in [2.45, 2.75) is 159 Å². The van der Waals surface area contributed by atoms with E-state index in [1.807, 2.05) is 61.1 Å². The summed E-state index contributed by atoms with van der Waals surface area (Å²) in [6, 6.07) is 31.7. The Bertz CT molecular complexity index is 6260. The van der Waals surface area contributed by atoms with E-state index in [0.717, 1.165) is 209 Å². The van der Waals surface area contributed by atoms with Crippen LogP contribution in [0.5, 0.6) is 0 Å². The fourth-order valence-electron chi connectivity index (χ4n) is 14.3. The minimum absolute atomic E-state index is 0.0256. The summed E-state index contributed by atoms with van der Waals surface area (Å²) in [4.78, 5) is 126. The SMILES string of the molecule is CC(=O)Nc1nc2c(s1)-c1nc(-c3cccc(F)c3C)ncc1CC2.CC(=O)Nc1nc2c(s1)-c1nc(-c3ccccc3C(C)(F)F)ncc1CC2.CC(=O)Nc1nc2c(s1)-c1nc(-c3ccccc3C)ncc1CC2.CC(=O)Nc1nc2c(s1)-c1nc(-c3ccccc3C)ncc1CC2.CC(=O)Nc1nc2c(s1)-c1nc(C(C)(C)C)ccc1CC2. The summed E-state index contributed by atoms with van der Waals surface area (Å²) in [5, 5.41) is 16.8. The number of alkyl halides is 2. The van der Waals surface area contributed by atoms with Gasteiger partial charge in [-0.15, -0.1) is 0 Å². The summed E-state index contributed by atoms with van der Waals surface area (Å²) in [6.07, 6.45) is 15.7. The number of nitrogens with zero attached hydrogens (tertiary/aromatic N) is 14. The Morgan fingerprint density at radius 1 is 0.331 bits per heavy atom. The van der Waals surface area contributed by atoms with Gasteiger partial charge in [0.15, 0.2) is 49.0 Å². The van der Waals surface area contributed by atoms with Gasteiger partial charge in [0.25, 0.3) is 5.92 Å².